The Bertz CT molecular complexity index is 524. The standard InChI is InChI=1S/C19H29BrN2O2/c1-3-15(12-16-6-4-7-17(20)13-16)14-21-19(23)22-10-5-8-18(24-2)9-11-22/h4,6-7,13,15,18H,3,5,8-12,14H2,1-2H3,(H,21,23). The van der Waals surface area contributed by atoms with Gasteiger partial charge in [0.15, 0.2) is 0 Å². The summed E-state index contributed by atoms with van der Waals surface area (Å²) in [5.41, 5.74) is 1.31. The highest BCUT2D eigenvalue weighted by atomic mass is 79.9. The molecule has 0 spiro atoms. The number of methoxy groups -OCH3 is 1. The summed E-state index contributed by atoms with van der Waals surface area (Å²) >= 11 is 3.52. The van der Waals surface area contributed by atoms with Crippen molar-refractivity contribution in [1.29, 1.82) is 0 Å². The van der Waals surface area contributed by atoms with Gasteiger partial charge in [0.25, 0.3) is 0 Å². The van der Waals surface area contributed by atoms with Gasteiger partial charge in [-0.1, -0.05) is 41.4 Å². The lowest BCUT2D eigenvalue weighted by Crippen LogP contribution is -2.42. The van der Waals surface area contributed by atoms with E-state index in [0.717, 1.165) is 56.2 Å². The molecule has 1 aliphatic heterocycles. The van der Waals surface area contributed by atoms with E-state index in [1.807, 2.05) is 11.0 Å². The Morgan fingerprint density at radius 3 is 2.96 bits per heavy atom. The fourth-order valence-corrected chi connectivity index (χ4v) is 3.65. The lowest BCUT2D eigenvalue weighted by atomic mass is 9.97. The molecule has 134 valence electrons. The van der Waals surface area contributed by atoms with Crippen LogP contribution in [0.5, 0.6) is 0 Å². The van der Waals surface area contributed by atoms with Crippen molar-refractivity contribution in [3.8, 4) is 0 Å². The van der Waals surface area contributed by atoms with Crippen LogP contribution in [-0.2, 0) is 11.2 Å². The minimum Gasteiger partial charge on any atom is -0.381 e. The number of nitrogens with one attached hydrogen (secondary N) is 1. The molecule has 1 heterocycles. The third kappa shape index (κ3) is 6.10. The van der Waals surface area contributed by atoms with Gasteiger partial charge >= 0.3 is 6.03 Å². The molecule has 4 nitrogen and oxygen atoms in total. The number of rotatable bonds is 6. The molecule has 1 N–H and O–H groups in total. The summed E-state index contributed by atoms with van der Waals surface area (Å²) in [7, 11) is 1.76. The van der Waals surface area contributed by atoms with Gasteiger partial charge in [-0.25, -0.2) is 4.79 Å². The zero-order chi connectivity index (χ0) is 17.4. The molecule has 0 radical (unpaired) electrons. The van der Waals surface area contributed by atoms with E-state index < -0.39 is 0 Å². The Morgan fingerprint density at radius 1 is 1.42 bits per heavy atom. The van der Waals surface area contributed by atoms with Crippen LogP contribution >= 0.6 is 15.9 Å². The number of likely N-dealkylation sites (tertiary alicyclic amines) is 1. The zero-order valence-electron chi connectivity index (χ0n) is 14.8. The van der Waals surface area contributed by atoms with Crippen LogP contribution in [0, 0.1) is 5.92 Å². The van der Waals surface area contributed by atoms with Gasteiger partial charge in [-0.2, -0.15) is 0 Å². The number of carbonyl (C=O) groups is 1. The fourth-order valence-electron chi connectivity index (χ4n) is 3.21. The van der Waals surface area contributed by atoms with Crippen molar-refractivity contribution >= 4 is 22.0 Å². The van der Waals surface area contributed by atoms with Crippen LogP contribution < -0.4 is 5.32 Å². The summed E-state index contributed by atoms with van der Waals surface area (Å²) in [6, 6.07) is 8.48. The lowest BCUT2D eigenvalue weighted by molar-refractivity contribution is 0.0906. The number of carbonyl (C=O) groups excluding carboxylic acids is 1. The summed E-state index contributed by atoms with van der Waals surface area (Å²) in [6.07, 6.45) is 5.32. The first-order valence-corrected chi connectivity index (χ1v) is 9.71. The van der Waals surface area contributed by atoms with Crippen molar-refractivity contribution in [3.63, 3.8) is 0 Å². The minimum atomic E-state index is 0.0689. The van der Waals surface area contributed by atoms with E-state index >= 15 is 0 Å². The summed E-state index contributed by atoms with van der Waals surface area (Å²) in [5, 5.41) is 3.13. The van der Waals surface area contributed by atoms with Gasteiger partial charge in [0, 0.05) is 31.2 Å². The summed E-state index contributed by atoms with van der Waals surface area (Å²) < 4.78 is 6.54. The molecular formula is C19H29BrN2O2. The highest BCUT2D eigenvalue weighted by Crippen LogP contribution is 2.17. The van der Waals surface area contributed by atoms with E-state index in [1.165, 1.54) is 5.56 Å². The Balaban J connectivity index is 1.80. The third-order valence-electron chi connectivity index (χ3n) is 4.83. The molecule has 1 fully saturated rings. The van der Waals surface area contributed by atoms with Crippen LogP contribution in [-0.4, -0.2) is 43.8 Å². The maximum Gasteiger partial charge on any atom is 0.317 e. The average molecular weight is 397 g/mol. The maximum atomic E-state index is 12.4. The second-order valence-electron chi connectivity index (χ2n) is 6.57. The molecule has 0 aliphatic carbocycles. The molecule has 0 saturated carbocycles. The molecule has 2 atom stereocenters. The van der Waals surface area contributed by atoms with Crippen LogP contribution in [0.25, 0.3) is 0 Å². The molecule has 1 saturated heterocycles. The quantitative estimate of drug-likeness (QED) is 0.781. The van der Waals surface area contributed by atoms with Crippen LogP contribution in [0.4, 0.5) is 4.79 Å². The van der Waals surface area contributed by atoms with Crippen LogP contribution in [0.3, 0.4) is 0 Å². The van der Waals surface area contributed by atoms with E-state index in [0.29, 0.717) is 12.0 Å². The van der Waals surface area contributed by atoms with E-state index in [2.05, 4.69) is 46.4 Å². The van der Waals surface area contributed by atoms with Crippen molar-refractivity contribution in [3.05, 3.63) is 34.3 Å². The first kappa shape index (κ1) is 19.3. The average Bonchev–Trinajstić information content (AvgIpc) is 2.84. The number of nitrogens with zero attached hydrogens (tertiary/aromatic N) is 1. The highest BCUT2D eigenvalue weighted by Gasteiger charge is 2.20. The fraction of sp³-hybridized carbons (Fsp3) is 0.632. The van der Waals surface area contributed by atoms with E-state index in [1.54, 1.807) is 7.11 Å². The minimum absolute atomic E-state index is 0.0689. The first-order valence-electron chi connectivity index (χ1n) is 8.92. The van der Waals surface area contributed by atoms with Gasteiger partial charge < -0.3 is 15.0 Å². The highest BCUT2D eigenvalue weighted by molar-refractivity contribution is 9.10. The molecule has 2 amide bonds. The van der Waals surface area contributed by atoms with Gasteiger partial charge in [0.1, 0.15) is 0 Å². The molecule has 2 rings (SSSR count). The summed E-state index contributed by atoms with van der Waals surface area (Å²) in [5.74, 6) is 0.460. The molecule has 1 aliphatic rings. The lowest BCUT2D eigenvalue weighted by Gasteiger charge is -2.23. The normalized spacial score (nSPS) is 19.6. The molecule has 0 bridgehead atoms. The number of benzene rings is 1. The zero-order valence-corrected chi connectivity index (χ0v) is 16.3. The van der Waals surface area contributed by atoms with Gasteiger partial charge in [0.05, 0.1) is 6.10 Å². The first-order chi connectivity index (χ1) is 11.6. The Labute approximate surface area is 154 Å². The number of urea groups is 1. The van der Waals surface area contributed by atoms with Crippen LogP contribution in [0.15, 0.2) is 28.7 Å². The van der Waals surface area contributed by atoms with Gasteiger partial charge in [-0.3, -0.25) is 0 Å². The number of hydrogen-bond donors (Lipinski definition) is 1. The molecule has 0 aromatic heterocycles. The second-order valence-corrected chi connectivity index (χ2v) is 7.49. The van der Waals surface area contributed by atoms with E-state index in [9.17, 15) is 4.79 Å². The van der Waals surface area contributed by atoms with E-state index in [4.69, 9.17) is 4.74 Å². The second kappa shape index (κ2) is 10.0. The number of ether oxygens (including phenoxy) is 1. The van der Waals surface area contributed by atoms with Crippen LogP contribution in [0.1, 0.15) is 38.2 Å². The molecule has 2 unspecified atom stereocenters. The van der Waals surface area contributed by atoms with Gasteiger partial charge in [-0.05, 0) is 49.3 Å². The number of amides is 2. The molecule has 1 aromatic rings. The van der Waals surface area contributed by atoms with E-state index in [-0.39, 0.29) is 6.03 Å². The van der Waals surface area contributed by atoms with Crippen molar-refractivity contribution in [2.75, 3.05) is 26.7 Å². The topological polar surface area (TPSA) is 41.6 Å². The molecular weight excluding hydrogens is 368 g/mol. The predicted octanol–water partition coefficient (Wildman–Crippen LogP) is 4.23. The van der Waals surface area contributed by atoms with Crippen molar-refractivity contribution in [2.45, 2.75) is 45.1 Å². The maximum absolute atomic E-state index is 12.4. The Hall–Kier alpha value is -1.07. The summed E-state index contributed by atoms with van der Waals surface area (Å²) in [4.78, 5) is 14.4. The molecule has 1 aromatic carbocycles. The Kier molecular flexibility index (Phi) is 8.06. The van der Waals surface area contributed by atoms with Gasteiger partial charge in [0.2, 0.25) is 0 Å². The van der Waals surface area contributed by atoms with Crippen molar-refractivity contribution < 1.29 is 9.53 Å². The largest absolute Gasteiger partial charge is 0.381 e. The summed E-state index contributed by atoms with van der Waals surface area (Å²) in [6.45, 7) is 4.52. The predicted molar refractivity (Wildman–Crippen MR) is 101 cm³/mol. The third-order valence-corrected chi connectivity index (χ3v) is 5.32. The van der Waals surface area contributed by atoms with Crippen molar-refractivity contribution in [2.24, 2.45) is 5.92 Å². The van der Waals surface area contributed by atoms with Crippen LogP contribution in [0.2, 0.25) is 0 Å². The smallest absolute Gasteiger partial charge is 0.317 e. The molecule has 24 heavy (non-hydrogen) atoms. The molecule has 5 heteroatoms. The number of halogens is 1. The Morgan fingerprint density at radius 2 is 2.25 bits per heavy atom. The number of hydrogen-bond acceptors (Lipinski definition) is 2. The SMILES string of the molecule is CCC(CNC(=O)N1CCCC(OC)CC1)Cc1cccc(Br)c1. The monoisotopic (exact) mass is 396 g/mol. The van der Waals surface area contributed by atoms with Crippen molar-refractivity contribution in [1.82, 2.24) is 10.2 Å². The van der Waals surface area contributed by atoms with Gasteiger partial charge in [-0.15, -0.1) is 0 Å².